The SMILES string of the molecule is COc1c(F)c(F)c(C(=O)Nc2cccc(-c3nc4cc(Cl)cc(Cl)c4o3)c2)c(F)c1F. The fraction of sp³-hybridized carbons (Fsp3) is 0.0476. The average molecular weight is 485 g/mol. The number of carbonyl (C=O) groups is 1. The predicted octanol–water partition coefficient (Wildman–Crippen LogP) is 6.62. The van der Waals surface area contributed by atoms with E-state index in [1.54, 1.807) is 12.1 Å². The van der Waals surface area contributed by atoms with Gasteiger partial charge in [0.05, 0.1) is 12.1 Å². The number of aromatic nitrogens is 1. The highest BCUT2D eigenvalue weighted by atomic mass is 35.5. The Kier molecular flexibility index (Phi) is 5.70. The van der Waals surface area contributed by atoms with Gasteiger partial charge in [-0.3, -0.25) is 4.79 Å². The molecule has 0 radical (unpaired) electrons. The van der Waals surface area contributed by atoms with E-state index in [4.69, 9.17) is 27.6 Å². The smallest absolute Gasteiger partial charge is 0.261 e. The number of ether oxygens (including phenoxy) is 1. The lowest BCUT2D eigenvalue weighted by atomic mass is 10.1. The maximum atomic E-state index is 14.2. The largest absolute Gasteiger partial charge is 0.491 e. The second-order valence-corrected chi connectivity index (χ2v) is 7.30. The Hall–Kier alpha value is -3.30. The maximum absolute atomic E-state index is 14.2. The van der Waals surface area contributed by atoms with Gasteiger partial charge in [-0.2, -0.15) is 8.78 Å². The minimum absolute atomic E-state index is 0.0503. The van der Waals surface area contributed by atoms with Crippen molar-refractivity contribution in [3.8, 4) is 17.2 Å². The van der Waals surface area contributed by atoms with Crippen LogP contribution >= 0.6 is 23.2 Å². The number of oxazole rings is 1. The number of carbonyl (C=O) groups excluding carboxylic acids is 1. The second-order valence-electron chi connectivity index (χ2n) is 6.45. The van der Waals surface area contributed by atoms with Gasteiger partial charge in [-0.25, -0.2) is 13.8 Å². The molecule has 0 bridgehead atoms. The van der Waals surface area contributed by atoms with Gasteiger partial charge >= 0.3 is 0 Å². The van der Waals surface area contributed by atoms with E-state index < -0.39 is 40.5 Å². The zero-order valence-corrected chi connectivity index (χ0v) is 17.4. The topological polar surface area (TPSA) is 64.4 Å². The Bertz CT molecular complexity index is 1360. The third-order valence-corrected chi connectivity index (χ3v) is 4.93. The zero-order chi connectivity index (χ0) is 23.2. The summed E-state index contributed by atoms with van der Waals surface area (Å²) in [6, 6.07) is 8.87. The van der Waals surface area contributed by atoms with Gasteiger partial charge in [0.25, 0.3) is 5.91 Å². The molecule has 32 heavy (non-hydrogen) atoms. The first-order valence-corrected chi connectivity index (χ1v) is 9.54. The monoisotopic (exact) mass is 484 g/mol. The van der Waals surface area contributed by atoms with E-state index in [2.05, 4.69) is 15.0 Å². The van der Waals surface area contributed by atoms with Gasteiger partial charge < -0.3 is 14.5 Å². The summed E-state index contributed by atoms with van der Waals surface area (Å²) in [7, 11) is 0.832. The second kappa shape index (κ2) is 8.33. The fourth-order valence-electron chi connectivity index (χ4n) is 3.00. The molecule has 164 valence electrons. The van der Waals surface area contributed by atoms with E-state index in [0.29, 0.717) is 16.1 Å². The van der Waals surface area contributed by atoms with Gasteiger partial charge in [-0.1, -0.05) is 29.3 Å². The summed E-state index contributed by atoms with van der Waals surface area (Å²) in [6.45, 7) is 0. The number of hydrogen-bond acceptors (Lipinski definition) is 4. The van der Waals surface area contributed by atoms with Gasteiger partial charge in [-0.05, 0) is 30.3 Å². The number of anilines is 1. The lowest BCUT2D eigenvalue weighted by molar-refractivity contribution is 0.101. The predicted molar refractivity (Wildman–Crippen MR) is 110 cm³/mol. The van der Waals surface area contributed by atoms with E-state index in [0.717, 1.165) is 7.11 Å². The molecule has 0 aliphatic heterocycles. The molecule has 0 saturated carbocycles. The number of rotatable bonds is 4. The van der Waals surface area contributed by atoms with Crippen molar-refractivity contribution in [2.24, 2.45) is 0 Å². The number of methoxy groups -OCH3 is 1. The van der Waals surface area contributed by atoms with Crippen LogP contribution in [0.25, 0.3) is 22.6 Å². The number of hydrogen-bond donors (Lipinski definition) is 1. The number of nitrogens with one attached hydrogen (secondary N) is 1. The molecule has 0 fully saturated rings. The van der Waals surface area contributed by atoms with Crippen LogP contribution in [0.2, 0.25) is 10.0 Å². The van der Waals surface area contributed by atoms with Crippen LogP contribution in [0.3, 0.4) is 0 Å². The van der Waals surface area contributed by atoms with E-state index in [9.17, 15) is 22.4 Å². The van der Waals surface area contributed by atoms with Crippen LogP contribution in [0.1, 0.15) is 10.4 Å². The van der Waals surface area contributed by atoms with Crippen LogP contribution in [0.15, 0.2) is 40.8 Å². The quantitative estimate of drug-likeness (QED) is 0.261. The molecule has 1 heterocycles. The molecule has 1 N–H and O–H groups in total. The highest BCUT2D eigenvalue weighted by Gasteiger charge is 2.30. The lowest BCUT2D eigenvalue weighted by Crippen LogP contribution is -2.18. The molecule has 4 rings (SSSR count). The molecule has 0 spiro atoms. The fourth-order valence-corrected chi connectivity index (χ4v) is 3.52. The van der Waals surface area contributed by atoms with Crippen LogP contribution in [0.5, 0.6) is 5.75 Å². The van der Waals surface area contributed by atoms with Crippen molar-refractivity contribution >= 4 is 45.9 Å². The summed E-state index contributed by atoms with van der Waals surface area (Å²) in [5, 5.41) is 2.78. The van der Waals surface area contributed by atoms with Crippen molar-refractivity contribution < 1.29 is 31.5 Å². The third-order valence-electron chi connectivity index (χ3n) is 4.43. The summed E-state index contributed by atoms with van der Waals surface area (Å²) in [4.78, 5) is 16.7. The molecule has 0 aliphatic rings. The third kappa shape index (κ3) is 3.74. The van der Waals surface area contributed by atoms with Gasteiger partial charge in [0, 0.05) is 16.3 Å². The Morgan fingerprint density at radius 1 is 1.03 bits per heavy atom. The van der Waals surface area contributed by atoms with Crippen molar-refractivity contribution in [2.45, 2.75) is 0 Å². The zero-order valence-electron chi connectivity index (χ0n) is 15.9. The van der Waals surface area contributed by atoms with Crippen molar-refractivity contribution in [1.29, 1.82) is 0 Å². The molecule has 0 atom stereocenters. The number of amides is 1. The molecule has 1 amide bonds. The number of halogens is 6. The summed E-state index contributed by atoms with van der Waals surface area (Å²) in [6.07, 6.45) is 0. The van der Waals surface area contributed by atoms with E-state index in [1.807, 2.05) is 0 Å². The first kappa shape index (κ1) is 21.9. The van der Waals surface area contributed by atoms with E-state index in [1.165, 1.54) is 24.3 Å². The van der Waals surface area contributed by atoms with Crippen LogP contribution in [0, 0.1) is 23.3 Å². The first-order valence-electron chi connectivity index (χ1n) is 8.78. The number of fused-ring (bicyclic) bond motifs is 1. The standard InChI is InChI=1S/C21H10Cl2F4N2O3/c1-31-19-16(26)14(24)13(15(25)17(19)27)20(30)28-10-4-2-3-8(5-10)21-29-12-7-9(22)6-11(23)18(12)32-21/h2-7H,1H3,(H,28,30). The molecule has 0 aliphatic carbocycles. The highest BCUT2D eigenvalue weighted by Crippen LogP contribution is 2.33. The van der Waals surface area contributed by atoms with Gasteiger partial charge in [0.2, 0.25) is 17.5 Å². The van der Waals surface area contributed by atoms with Gasteiger partial charge in [0.1, 0.15) is 11.1 Å². The molecule has 0 saturated heterocycles. The summed E-state index contributed by atoms with van der Waals surface area (Å²) >= 11 is 12.0. The van der Waals surface area contributed by atoms with Crippen molar-refractivity contribution in [3.63, 3.8) is 0 Å². The van der Waals surface area contributed by atoms with Crippen molar-refractivity contribution in [1.82, 2.24) is 4.98 Å². The first-order chi connectivity index (χ1) is 15.2. The van der Waals surface area contributed by atoms with Crippen LogP contribution < -0.4 is 10.1 Å². The minimum atomic E-state index is -1.89. The molecule has 11 heteroatoms. The molecule has 5 nitrogen and oxygen atoms in total. The number of benzene rings is 3. The normalized spacial score (nSPS) is 11.1. The summed E-state index contributed by atoms with van der Waals surface area (Å²) in [5.41, 5.74) is -0.336. The average Bonchev–Trinajstić information content (AvgIpc) is 3.18. The van der Waals surface area contributed by atoms with Crippen molar-refractivity contribution in [3.05, 3.63) is 75.3 Å². The maximum Gasteiger partial charge on any atom is 0.261 e. The summed E-state index contributed by atoms with van der Waals surface area (Å²) < 4.78 is 66.2. The molecule has 3 aromatic carbocycles. The van der Waals surface area contributed by atoms with Crippen molar-refractivity contribution in [2.75, 3.05) is 12.4 Å². The van der Waals surface area contributed by atoms with E-state index >= 15 is 0 Å². The van der Waals surface area contributed by atoms with Crippen LogP contribution in [-0.4, -0.2) is 18.0 Å². The molecule has 1 aromatic heterocycles. The van der Waals surface area contributed by atoms with Gasteiger partial charge in [-0.15, -0.1) is 0 Å². The minimum Gasteiger partial charge on any atom is -0.491 e. The van der Waals surface area contributed by atoms with E-state index in [-0.39, 0.29) is 22.2 Å². The molecule has 4 aromatic rings. The lowest BCUT2D eigenvalue weighted by Gasteiger charge is -2.11. The van der Waals surface area contributed by atoms with Crippen LogP contribution in [0.4, 0.5) is 23.2 Å². The Labute approximate surface area is 187 Å². The number of nitrogens with zero attached hydrogens (tertiary/aromatic N) is 1. The Morgan fingerprint density at radius 2 is 1.72 bits per heavy atom. The molecular weight excluding hydrogens is 475 g/mol. The van der Waals surface area contributed by atoms with Gasteiger partial charge in [0.15, 0.2) is 23.0 Å². The molecular formula is C21H10Cl2F4N2O3. The van der Waals surface area contributed by atoms with Crippen LogP contribution in [-0.2, 0) is 0 Å². The Morgan fingerprint density at radius 3 is 2.38 bits per heavy atom. The summed E-state index contributed by atoms with van der Waals surface area (Å²) in [5.74, 6) is -9.99. The Balaban J connectivity index is 1.69. The highest BCUT2D eigenvalue weighted by molar-refractivity contribution is 6.38. The molecule has 0 unspecified atom stereocenters.